The Labute approximate surface area is 215 Å². The molecule has 0 amide bonds. The van der Waals surface area contributed by atoms with E-state index in [-0.39, 0.29) is 0 Å². The highest BCUT2D eigenvalue weighted by Gasteiger charge is 2.35. The lowest BCUT2D eigenvalue weighted by Gasteiger charge is -2.37. The van der Waals surface area contributed by atoms with Crippen LogP contribution in [-0.2, 0) is 4.65 Å². The maximum atomic E-state index is 10.3. The van der Waals surface area contributed by atoms with Gasteiger partial charge < -0.3 is 9.76 Å². The van der Waals surface area contributed by atoms with Crippen LogP contribution in [0.4, 0.5) is 0 Å². The first-order valence-electron chi connectivity index (χ1n) is 11.9. The summed E-state index contributed by atoms with van der Waals surface area (Å²) in [4.78, 5) is 14.2. The number of allylic oxidation sites excluding steroid dienone is 1. The summed E-state index contributed by atoms with van der Waals surface area (Å²) >= 11 is 0. The van der Waals surface area contributed by atoms with E-state index in [1.54, 1.807) is 27.4 Å². The molecule has 0 unspecified atom stereocenters. The van der Waals surface area contributed by atoms with Gasteiger partial charge in [-0.25, -0.2) is 15.0 Å². The van der Waals surface area contributed by atoms with Crippen molar-refractivity contribution in [2.24, 2.45) is 0 Å². The highest BCUT2D eigenvalue weighted by atomic mass is 16.5. The van der Waals surface area contributed by atoms with Crippen LogP contribution < -0.4 is 5.46 Å². The molecule has 3 aromatic carbocycles. The molecule has 1 aromatic heterocycles. The van der Waals surface area contributed by atoms with Crippen LogP contribution in [0.3, 0.4) is 0 Å². The molecular formula is C30H33BN3O2. The Hall–Kier alpha value is -3.61. The molecule has 0 atom stereocenters. The number of hydrogen-bond donors (Lipinski definition) is 1. The summed E-state index contributed by atoms with van der Waals surface area (Å²) in [6, 6.07) is 27.6. The van der Waals surface area contributed by atoms with E-state index in [1.165, 1.54) is 0 Å². The molecule has 183 valence electrons. The standard InChI is InChI=1S/C27H27BN3O2.C3H6/c1-26(2,32)27(3,4)33-28-22-17-15-21(16-18-22)25-30-23(19-11-7-5-8-12-19)29-24(31-25)20-13-9-6-10-14-20;1-3-2/h5-18,32H,1-4H3;3H,1H2,2H3. The van der Waals surface area contributed by atoms with E-state index >= 15 is 0 Å². The van der Waals surface area contributed by atoms with Gasteiger partial charge in [0, 0.05) is 16.7 Å². The van der Waals surface area contributed by atoms with Gasteiger partial charge in [0.25, 0.3) is 0 Å². The molecule has 0 spiro atoms. The lowest BCUT2D eigenvalue weighted by molar-refractivity contribution is -0.0893. The predicted molar refractivity (Wildman–Crippen MR) is 149 cm³/mol. The molecule has 1 N–H and O–H groups in total. The monoisotopic (exact) mass is 478 g/mol. The summed E-state index contributed by atoms with van der Waals surface area (Å²) in [5, 5.41) is 10.3. The van der Waals surface area contributed by atoms with Gasteiger partial charge in [0.05, 0.1) is 11.2 Å². The maximum Gasteiger partial charge on any atom is 0.330 e. The van der Waals surface area contributed by atoms with E-state index in [9.17, 15) is 5.11 Å². The first-order chi connectivity index (χ1) is 17.1. The fourth-order valence-electron chi connectivity index (χ4n) is 3.01. The molecule has 36 heavy (non-hydrogen) atoms. The third-order valence-electron chi connectivity index (χ3n) is 5.83. The Balaban J connectivity index is 0.00000115. The quantitative estimate of drug-likeness (QED) is 0.266. The molecule has 0 saturated heterocycles. The van der Waals surface area contributed by atoms with E-state index < -0.39 is 11.2 Å². The van der Waals surface area contributed by atoms with Crippen LogP contribution in [0.2, 0.25) is 0 Å². The van der Waals surface area contributed by atoms with Crippen molar-refractivity contribution in [3.63, 3.8) is 0 Å². The second-order valence-corrected chi connectivity index (χ2v) is 9.37. The second-order valence-electron chi connectivity index (χ2n) is 9.37. The second kappa shape index (κ2) is 11.9. The first kappa shape index (κ1) is 27.0. The van der Waals surface area contributed by atoms with Gasteiger partial charge >= 0.3 is 7.48 Å². The molecule has 0 aliphatic heterocycles. The molecule has 5 nitrogen and oxygen atoms in total. The van der Waals surface area contributed by atoms with Crippen LogP contribution in [0.1, 0.15) is 34.6 Å². The van der Waals surface area contributed by atoms with E-state index in [0.717, 1.165) is 22.2 Å². The number of rotatable bonds is 7. The van der Waals surface area contributed by atoms with Gasteiger partial charge in [0.15, 0.2) is 17.5 Å². The van der Waals surface area contributed by atoms with Gasteiger partial charge in [-0.1, -0.05) is 96.5 Å². The lowest BCUT2D eigenvalue weighted by atomic mass is 9.82. The van der Waals surface area contributed by atoms with Crippen molar-refractivity contribution in [3.8, 4) is 34.2 Å². The van der Waals surface area contributed by atoms with E-state index in [1.807, 2.05) is 106 Å². The van der Waals surface area contributed by atoms with Crippen molar-refractivity contribution in [2.45, 2.75) is 45.8 Å². The third kappa shape index (κ3) is 6.97. The zero-order valence-corrected chi connectivity index (χ0v) is 21.6. The molecule has 0 saturated carbocycles. The van der Waals surface area contributed by atoms with Crippen molar-refractivity contribution in [1.29, 1.82) is 0 Å². The van der Waals surface area contributed by atoms with Gasteiger partial charge in [-0.2, -0.15) is 0 Å². The molecule has 0 fully saturated rings. The number of nitrogens with zero attached hydrogens (tertiary/aromatic N) is 3. The number of aromatic nitrogens is 3. The van der Waals surface area contributed by atoms with E-state index in [0.29, 0.717) is 17.5 Å². The summed E-state index contributed by atoms with van der Waals surface area (Å²) in [6.45, 7) is 12.4. The van der Waals surface area contributed by atoms with Crippen LogP contribution >= 0.6 is 0 Å². The largest absolute Gasteiger partial charge is 0.427 e. The zero-order valence-electron chi connectivity index (χ0n) is 21.6. The van der Waals surface area contributed by atoms with Crippen molar-refractivity contribution >= 4 is 12.9 Å². The van der Waals surface area contributed by atoms with Crippen molar-refractivity contribution in [3.05, 3.63) is 97.6 Å². The minimum Gasteiger partial charge on any atom is -0.427 e. The topological polar surface area (TPSA) is 68.1 Å². The Kier molecular flexibility index (Phi) is 8.91. The Morgan fingerprint density at radius 1 is 0.694 bits per heavy atom. The van der Waals surface area contributed by atoms with E-state index in [4.69, 9.17) is 19.6 Å². The Morgan fingerprint density at radius 3 is 1.42 bits per heavy atom. The number of aliphatic hydroxyl groups is 1. The number of benzene rings is 3. The van der Waals surface area contributed by atoms with Crippen LogP contribution in [0, 0.1) is 0 Å². The van der Waals surface area contributed by atoms with Crippen LogP contribution in [0.15, 0.2) is 97.6 Å². The Morgan fingerprint density at radius 2 is 1.06 bits per heavy atom. The number of hydrogen-bond acceptors (Lipinski definition) is 5. The molecule has 1 heterocycles. The molecule has 1 radical (unpaired) electrons. The first-order valence-corrected chi connectivity index (χ1v) is 11.9. The molecule has 4 aromatic rings. The minimum absolute atomic E-state index is 0.604. The van der Waals surface area contributed by atoms with E-state index in [2.05, 4.69) is 6.58 Å². The van der Waals surface area contributed by atoms with Gasteiger partial charge in [-0.15, -0.1) is 6.58 Å². The SMILES string of the molecule is C=CC.CC(C)(O)C(C)(C)O[B]c1ccc(-c2nc(-c3ccccc3)nc(-c3ccccc3)n2)cc1. The molecule has 0 aliphatic carbocycles. The summed E-state index contributed by atoms with van der Waals surface area (Å²) in [7, 11) is 1.67. The van der Waals surface area contributed by atoms with Gasteiger partial charge in [0.2, 0.25) is 0 Å². The fourth-order valence-corrected chi connectivity index (χ4v) is 3.01. The average Bonchev–Trinajstić information content (AvgIpc) is 2.88. The molecule has 6 heteroatoms. The normalized spacial score (nSPS) is 11.3. The van der Waals surface area contributed by atoms with Crippen molar-refractivity contribution < 1.29 is 9.76 Å². The third-order valence-corrected chi connectivity index (χ3v) is 5.83. The summed E-state index contributed by atoms with van der Waals surface area (Å²) in [5.41, 5.74) is 1.93. The van der Waals surface area contributed by atoms with Crippen molar-refractivity contribution in [2.75, 3.05) is 0 Å². The Bertz CT molecular complexity index is 1200. The molecular weight excluding hydrogens is 445 g/mol. The van der Waals surface area contributed by atoms with Gasteiger partial charge in [-0.3, -0.25) is 0 Å². The molecule has 0 bridgehead atoms. The van der Waals surface area contributed by atoms with Crippen LogP contribution in [0.5, 0.6) is 0 Å². The van der Waals surface area contributed by atoms with Gasteiger partial charge in [-0.05, 0) is 34.6 Å². The zero-order chi connectivity index (χ0) is 26.2. The van der Waals surface area contributed by atoms with Gasteiger partial charge in [0.1, 0.15) is 0 Å². The molecule has 4 rings (SSSR count). The molecule has 0 aliphatic rings. The highest BCUT2D eigenvalue weighted by molar-refractivity contribution is 6.47. The smallest absolute Gasteiger partial charge is 0.330 e. The fraction of sp³-hybridized carbons (Fsp3) is 0.233. The average molecular weight is 478 g/mol. The maximum absolute atomic E-state index is 10.3. The minimum atomic E-state index is -0.976. The highest BCUT2D eigenvalue weighted by Crippen LogP contribution is 2.25. The van der Waals surface area contributed by atoms with Crippen LogP contribution in [0.25, 0.3) is 34.2 Å². The predicted octanol–water partition coefficient (Wildman–Crippen LogP) is 5.88. The summed E-state index contributed by atoms with van der Waals surface area (Å²) < 4.78 is 5.86. The summed E-state index contributed by atoms with van der Waals surface area (Å²) in [6.07, 6.45) is 1.75. The van der Waals surface area contributed by atoms with Crippen LogP contribution in [-0.4, -0.2) is 38.7 Å². The van der Waals surface area contributed by atoms with Crippen molar-refractivity contribution in [1.82, 2.24) is 15.0 Å². The summed E-state index contributed by atoms with van der Waals surface area (Å²) in [5.74, 6) is 1.86. The lowest BCUT2D eigenvalue weighted by Crippen LogP contribution is -2.49.